The highest BCUT2D eigenvalue weighted by molar-refractivity contribution is 14.0. The van der Waals surface area contributed by atoms with Crippen molar-refractivity contribution in [2.75, 3.05) is 64.9 Å². The Morgan fingerprint density at radius 2 is 1.78 bits per heavy atom. The Bertz CT molecular complexity index is 542. The second-order valence-corrected chi connectivity index (χ2v) is 7.15. The average Bonchev–Trinajstić information content (AvgIpc) is 2.68. The summed E-state index contributed by atoms with van der Waals surface area (Å²) in [6.45, 7) is 11.8. The van der Waals surface area contributed by atoms with Crippen molar-refractivity contribution in [3.05, 3.63) is 24.3 Å². The molecule has 1 aromatic rings. The van der Waals surface area contributed by atoms with Gasteiger partial charge in [0.25, 0.3) is 0 Å². The van der Waals surface area contributed by atoms with E-state index in [4.69, 9.17) is 4.74 Å². The molecule has 0 spiro atoms. The minimum atomic E-state index is 0. The van der Waals surface area contributed by atoms with Gasteiger partial charge < -0.3 is 20.3 Å². The molecule has 0 aliphatic carbocycles. The first-order chi connectivity index (χ1) is 12.6. The first-order valence-corrected chi connectivity index (χ1v) is 9.68. The van der Waals surface area contributed by atoms with Gasteiger partial charge in [-0.2, -0.15) is 0 Å². The third-order valence-corrected chi connectivity index (χ3v) is 4.65. The molecule has 2 N–H and O–H groups in total. The molecule has 1 saturated heterocycles. The van der Waals surface area contributed by atoms with Crippen LogP contribution in [0.3, 0.4) is 0 Å². The van der Waals surface area contributed by atoms with E-state index in [-0.39, 0.29) is 24.0 Å². The minimum Gasteiger partial charge on any atom is -0.497 e. The lowest BCUT2D eigenvalue weighted by atomic mass is 10.2. The van der Waals surface area contributed by atoms with E-state index in [1.54, 1.807) is 7.11 Å². The highest BCUT2D eigenvalue weighted by atomic mass is 127. The Balaban J connectivity index is 0.00000364. The Kier molecular flexibility index (Phi) is 11.5. The maximum atomic E-state index is 5.23. The number of benzene rings is 1. The van der Waals surface area contributed by atoms with Crippen molar-refractivity contribution in [2.24, 2.45) is 10.9 Å². The van der Waals surface area contributed by atoms with E-state index in [1.165, 1.54) is 5.69 Å². The fraction of sp³-hybridized carbons (Fsp3) is 0.650. The minimum absolute atomic E-state index is 0. The van der Waals surface area contributed by atoms with Crippen LogP contribution in [0.15, 0.2) is 29.3 Å². The van der Waals surface area contributed by atoms with Gasteiger partial charge in [-0.1, -0.05) is 13.8 Å². The molecular formula is C20H36IN5O. The number of hydrogen-bond acceptors (Lipinski definition) is 4. The van der Waals surface area contributed by atoms with Crippen LogP contribution < -0.4 is 20.3 Å². The number of aliphatic imine (C=N–C) groups is 1. The molecular weight excluding hydrogens is 453 g/mol. The van der Waals surface area contributed by atoms with Crippen molar-refractivity contribution in [3.8, 4) is 5.75 Å². The Labute approximate surface area is 181 Å². The second-order valence-electron chi connectivity index (χ2n) is 7.15. The number of nitrogens with one attached hydrogen (secondary N) is 2. The summed E-state index contributed by atoms with van der Waals surface area (Å²) in [5, 5.41) is 6.75. The topological polar surface area (TPSA) is 52.1 Å². The molecule has 2 rings (SSSR count). The van der Waals surface area contributed by atoms with Gasteiger partial charge in [0, 0.05) is 52.0 Å². The van der Waals surface area contributed by atoms with Crippen LogP contribution in [0.2, 0.25) is 0 Å². The summed E-state index contributed by atoms with van der Waals surface area (Å²) < 4.78 is 5.23. The number of methoxy groups -OCH3 is 1. The zero-order valence-corrected chi connectivity index (χ0v) is 19.5. The molecule has 1 aromatic carbocycles. The number of halogens is 1. The van der Waals surface area contributed by atoms with Crippen molar-refractivity contribution in [3.63, 3.8) is 0 Å². The molecule has 0 radical (unpaired) electrons. The third-order valence-electron chi connectivity index (χ3n) is 4.65. The molecule has 1 heterocycles. The lowest BCUT2D eigenvalue weighted by Gasteiger charge is -2.36. The normalized spacial score (nSPS) is 15.4. The van der Waals surface area contributed by atoms with Crippen molar-refractivity contribution in [1.82, 2.24) is 15.5 Å². The number of hydrogen-bond donors (Lipinski definition) is 2. The molecule has 154 valence electrons. The summed E-state index contributed by atoms with van der Waals surface area (Å²) in [4.78, 5) is 9.26. The molecule has 1 aliphatic heterocycles. The maximum absolute atomic E-state index is 5.23. The lowest BCUT2D eigenvalue weighted by Crippen LogP contribution is -2.47. The molecule has 0 aromatic heterocycles. The lowest BCUT2D eigenvalue weighted by molar-refractivity contribution is 0.255. The average molecular weight is 489 g/mol. The molecule has 6 nitrogen and oxygen atoms in total. The van der Waals surface area contributed by atoms with Crippen LogP contribution in [0.1, 0.15) is 20.3 Å². The summed E-state index contributed by atoms with van der Waals surface area (Å²) in [5.41, 5.74) is 1.28. The van der Waals surface area contributed by atoms with Crippen LogP contribution >= 0.6 is 24.0 Å². The van der Waals surface area contributed by atoms with E-state index in [0.717, 1.165) is 63.9 Å². The van der Waals surface area contributed by atoms with E-state index in [0.29, 0.717) is 5.92 Å². The van der Waals surface area contributed by atoms with Crippen LogP contribution in [0, 0.1) is 5.92 Å². The SMILES string of the molecule is CN=C(NCCCN1CCN(c2ccc(OC)cc2)CC1)NCC(C)C.I. The van der Waals surface area contributed by atoms with Gasteiger partial charge in [0.2, 0.25) is 0 Å². The van der Waals surface area contributed by atoms with Crippen molar-refractivity contribution >= 4 is 35.6 Å². The van der Waals surface area contributed by atoms with Gasteiger partial charge in [0.05, 0.1) is 7.11 Å². The van der Waals surface area contributed by atoms with Gasteiger partial charge in [-0.05, 0) is 43.1 Å². The monoisotopic (exact) mass is 489 g/mol. The van der Waals surface area contributed by atoms with Gasteiger partial charge in [-0.25, -0.2) is 0 Å². The van der Waals surface area contributed by atoms with Crippen molar-refractivity contribution in [1.29, 1.82) is 0 Å². The number of ether oxygens (including phenoxy) is 1. The van der Waals surface area contributed by atoms with E-state index < -0.39 is 0 Å². The van der Waals surface area contributed by atoms with E-state index in [1.807, 2.05) is 19.2 Å². The smallest absolute Gasteiger partial charge is 0.190 e. The largest absolute Gasteiger partial charge is 0.497 e. The Morgan fingerprint density at radius 1 is 1.11 bits per heavy atom. The fourth-order valence-electron chi connectivity index (χ4n) is 3.05. The summed E-state index contributed by atoms with van der Waals surface area (Å²) in [6.07, 6.45) is 1.13. The third kappa shape index (κ3) is 8.55. The summed E-state index contributed by atoms with van der Waals surface area (Å²) in [7, 11) is 3.53. The molecule has 1 fully saturated rings. The van der Waals surface area contributed by atoms with Gasteiger partial charge in [-0.15, -0.1) is 24.0 Å². The summed E-state index contributed by atoms with van der Waals surface area (Å²) >= 11 is 0. The predicted octanol–water partition coefficient (Wildman–Crippen LogP) is 2.65. The number of anilines is 1. The van der Waals surface area contributed by atoms with Crippen molar-refractivity contribution < 1.29 is 4.74 Å². The number of rotatable bonds is 8. The van der Waals surface area contributed by atoms with E-state index in [2.05, 4.69) is 51.4 Å². The second kappa shape index (κ2) is 13.0. The predicted molar refractivity (Wildman–Crippen MR) is 126 cm³/mol. The molecule has 0 unspecified atom stereocenters. The number of guanidine groups is 1. The molecule has 0 saturated carbocycles. The summed E-state index contributed by atoms with van der Waals surface area (Å²) in [6, 6.07) is 8.36. The Hall–Kier alpha value is -1.22. The van der Waals surface area contributed by atoms with Crippen LogP contribution in [-0.2, 0) is 0 Å². The van der Waals surface area contributed by atoms with E-state index in [9.17, 15) is 0 Å². The van der Waals surface area contributed by atoms with Crippen LogP contribution in [-0.4, -0.2) is 70.8 Å². The molecule has 0 bridgehead atoms. The molecule has 1 aliphatic rings. The first-order valence-electron chi connectivity index (χ1n) is 9.68. The van der Waals surface area contributed by atoms with Crippen LogP contribution in [0.25, 0.3) is 0 Å². The maximum Gasteiger partial charge on any atom is 0.190 e. The quantitative estimate of drug-likeness (QED) is 0.255. The van der Waals surface area contributed by atoms with Gasteiger partial charge in [0.1, 0.15) is 5.75 Å². The highest BCUT2D eigenvalue weighted by Gasteiger charge is 2.16. The fourth-order valence-corrected chi connectivity index (χ4v) is 3.05. The van der Waals surface area contributed by atoms with Gasteiger partial charge in [0.15, 0.2) is 5.96 Å². The molecule has 27 heavy (non-hydrogen) atoms. The zero-order valence-electron chi connectivity index (χ0n) is 17.2. The molecule has 0 atom stereocenters. The number of nitrogens with zero attached hydrogens (tertiary/aromatic N) is 3. The van der Waals surface area contributed by atoms with Crippen LogP contribution in [0.4, 0.5) is 5.69 Å². The van der Waals surface area contributed by atoms with Gasteiger partial charge >= 0.3 is 0 Å². The summed E-state index contributed by atoms with van der Waals surface area (Å²) in [5.74, 6) is 2.44. The van der Waals surface area contributed by atoms with Crippen molar-refractivity contribution in [2.45, 2.75) is 20.3 Å². The van der Waals surface area contributed by atoms with Crippen LogP contribution in [0.5, 0.6) is 5.75 Å². The standard InChI is InChI=1S/C20H35N5O.HI/c1-17(2)16-23-20(21-3)22-10-5-11-24-12-14-25(15-13-24)18-6-8-19(26-4)9-7-18;/h6-9,17H,5,10-16H2,1-4H3,(H2,21,22,23);1H. The Morgan fingerprint density at radius 3 is 2.33 bits per heavy atom. The first kappa shape index (κ1) is 23.8. The van der Waals surface area contributed by atoms with E-state index >= 15 is 0 Å². The highest BCUT2D eigenvalue weighted by Crippen LogP contribution is 2.20. The molecule has 7 heteroatoms. The zero-order chi connectivity index (χ0) is 18.8. The number of piperazine rings is 1. The van der Waals surface area contributed by atoms with Gasteiger partial charge in [-0.3, -0.25) is 9.89 Å². The molecule has 0 amide bonds.